The number of aromatic amines is 1. The van der Waals surface area contributed by atoms with E-state index < -0.39 is 0 Å². The Morgan fingerprint density at radius 1 is 1.21 bits per heavy atom. The number of rotatable bonds is 6. The molecular weight excluding hydrogens is 234 g/mol. The number of hydrogen-bond donors (Lipinski definition) is 2. The molecule has 3 heteroatoms. The predicted octanol–water partition coefficient (Wildman–Crippen LogP) is 4.09. The molecule has 1 aromatic carbocycles. The van der Waals surface area contributed by atoms with Crippen LogP contribution >= 0.6 is 0 Å². The Labute approximate surface area is 115 Å². The fourth-order valence-corrected chi connectivity index (χ4v) is 2.43. The van der Waals surface area contributed by atoms with Crippen LogP contribution in [0.5, 0.6) is 0 Å². The zero-order valence-electron chi connectivity index (χ0n) is 11.9. The summed E-state index contributed by atoms with van der Waals surface area (Å²) in [5, 5.41) is 7.27. The maximum absolute atomic E-state index is 6.01. The quantitative estimate of drug-likeness (QED) is 0.766. The van der Waals surface area contributed by atoms with Crippen molar-refractivity contribution in [2.75, 3.05) is 5.73 Å². The second-order valence-corrected chi connectivity index (χ2v) is 5.14. The van der Waals surface area contributed by atoms with E-state index in [1.807, 2.05) is 0 Å². The first-order chi connectivity index (χ1) is 9.22. The number of aryl methyl sites for hydroxylation is 2. The molecular formula is C16H23N3. The van der Waals surface area contributed by atoms with E-state index in [1.54, 1.807) is 0 Å². The van der Waals surface area contributed by atoms with Gasteiger partial charge in [0.25, 0.3) is 0 Å². The van der Waals surface area contributed by atoms with Gasteiger partial charge in [0.15, 0.2) is 5.82 Å². The highest BCUT2D eigenvalue weighted by Crippen LogP contribution is 2.29. The molecule has 0 spiro atoms. The van der Waals surface area contributed by atoms with Gasteiger partial charge in [-0.15, -0.1) is 0 Å². The monoisotopic (exact) mass is 257 g/mol. The average Bonchev–Trinajstić information content (AvgIpc) is 2.76. The summed E-state index contributed by atoms with van der Waals surface area (Å²) in [6.45, 7) is 4.33. The fourth-order valence-electron chi connectivity index (χ4n) is 2.43. The molecule has 0 aliphatic rings. The van der Waals surface area contributed by atoms with Crippen molar-refractivity contribution in [2.24, 2.45) is 0 Å². The minimum Gasteiger partial charge on any atom is -0.382 e. The molecule has 2 aromatic rings. The number of unbranched alkanes of at least 4 members (excludes halogenated alkanes) is 3. The first kappa shape index (κ1) is 13.7. The Morgan fingerprint density at radius 3 is 2.79 bits per heavy atom. The third-order valence-electron chi connectivity index (χ3n) is 3.46. The molecule has 0 saturated carbocycles. The molecule has 0 saturated heterocycles. The van der Waals surface area contributed by atoms with Crippen LogP contribution in [0.15, 0.2) is 24.3 Å². The lowest BCUT2D eigenvalue weighted by Crippen LogP contribution is -1.92. The van der Waals surface area contributed by atoms with Crippen LogP contribution < -0.4 is 5.73 Å². The van der Waals surface area contributed by atoms with E-state index in [0.29, 0.717) is 5.82 Å². The number of nitrogen functional groups attached to an aromatic ring is 1. The topological polar surface area (TPSA) is 54.7 Å². The minimum absolute atomic E-state index is 0.607. The summed E-state index contributed by atoms with van der Waals surface area (Å²) < 4.78 is 0. The summed E-state index contributed by atoms with van der Waals surface area (Å²) in [5.41, 5.74) is 10.7. The molecule has 0 atom stereocenters. The zero-order chi connectivity index (χ0) is 13.7. The molecule has 0 fully saturated rings. The molecule has 1 aromatic heterocycles. The summed E-state index contributed by atoms with van der Waals surface area (Å²) in [4.78, 5) is 0. The fraction of sp³-hybridized carbons (Fsp3) is 0.438. The summed E-state index contributed by atoms with van der Waals surface area (Å²) in [6.07, 6.45) is 6.03. The molecule has 2 rings (SSSR count). The summed E-state index contributed by atoms with van der Waals surface area (Å²) in [7, 11) is 0. The average molecular weight is 257 g/mol. The van der Waals surface area contributed by atoms with Crippen molar-refractivity contribution in [1.82, 2.24) is 10.2 Å². The lowest BCUT2D eigenvalue weighted by Gasteiger charge is -2.05. The molecule has 102 valence electrons. The third-order valence-corrected chi connectivity index (χ3v) is 3.46. The Balaban J connectivity index is 2.18. The van der Waals surface area contributed by atoms with E-state index in [1.165, 1.54) is 36.9 Å². The Hall–Kier alpha value is -1.77. The first-order valence-electron chi connectivity index (χ1n) is 7.12. The SMILES string of the molecule is CCCCCCc1[nH]nc(N)c1-c1cccc(C)c1. The van der Waals surface area contributed by atoms with Gasteiger partial charge in [0.2, 0.25) is 0 Å². The van der Waals surface area contributed by atoms with Crippen LogP contribution in [-0.4, -0.2) is 10.2 Å². The molecule has 3 N–H and O–H groups in total. The normalized spacial score (nSPS) is 10.8. The van der Waals surface area contributed by atoms with Gasteiger partial charge in [0.1, 0.15) is 0 Å². The van der Waals surface area contributed by atoms with Gasteiger partial charge in [0, 0.05) is 11.3 Å². The van der Waals surface area contributed by atoms with Gasteiger partial charge in [-0.3, -0.25) is 5.10 Å². The number of nitrogens with one attached hydrogen (secondary N) is 1. The van der Waals surface area contributed by atoms with Crippen LogP contribution in [0.4, 0.5) is 5.82 Å². The lowest BCUT2D eigenvalue weighted by atomic mass is 10.0. The smallest absolute Gasteiger partial charge is 0.153 e. The summed E-state index contributed by atoms with van der Waals surface area (Å²) >= 11 is 0. The molecule has 0 unspecified atom stereocenters. The van der Waals surface area contributed by atoms with Gasteiger partial charge >= 0.3 is 0 Å². The van der Waals surface area contributed by atoms with E-state index in [4.69, 9.17) is 5.73 Å². The molecule has 0 radical (unpaired) electrons. The number of benzene rings is 1. The highest BCUT2D eigenvalue weighted by molar-refractivity contribution is 5.76. The highest BCUT2D eigenvalue weighted by Gasteiger charge is 2.12. The van der Waals surface area contributed by atoms with Crippen molar-refractivity contribution in [3.63, 3.8) is 0 Å². The van der Waals surface area contributed by atoms with E-state index in [2.05, 4.69) is 48.3 Å². The van der Waals surface area contributed by atoms with Crippen molar-refractivity contribution in [3.05, 3.63) is 35.5 Å². The maximum atomic E-state index is 6.01. The molecule has 19 heavy (non-hydrogen) atoms. The van der Waals surface area contributed by atoms with Crippen LogP contribution in [-0.2, 0) is 6.42 Å². The number of nitrogens with zero attached hydrogens (tertiary/aromatic N) is 1. The third kappa shape index (κ3) is 3.37. The van der Waals surface area contributed by atoms with Crippen molar-refractivity contribution in [2.45, 2.75) is 46.0 Å². The maximum Gasteiger partial charge on any atom is 0.153 e. The summed E-state index contributed by atoms with van der Waals surface area (Å²) in [5.74, 6) is 0.607. The van der Waals surface area contributed by atoms with Crippen molar-refractivity contribution in [3.8, 4) is 11.1 Å². The van der Waals surface area contributed by atoms with Gasteiger partial charge < -0.3 is 5.73 Å². The number of nitrogens with two attached hydrogens (primary N) is 1. The van der Waals surface area contributed by atoms with Crippen LogP contribution in [0.25, 0.3) is 11.1 Å². The summed E-state index contributed by atoms with van der Waals surface area (Å²) in [6, 6.07) is 8.43. The highest BCUT2D eigenvalue weighted by atomic mass is 15.2. The Bertz CT molecular complexity index is 529. The van der Waals surface area contributed by atoms with Gasteiger partial charge in [0.05, 0.1) is 0 Å². The Morgan fingerprint density at radius 2 is 2.05 bits per heavy atom. The van der Waals surface area contributed by atoms with Crippen LogP contribution in [0.1, 0.15) is 43.9 Å². The predicted molar refractivity (Wildman–Crippen MR) is 81.0 cm³/mol. The number of hydrogen-bond acceptors (Lipinski definition) is 2. The van der Waals surface area contributed by atoms with Crippen molar-refractivity contribution < 1.29 is 0 Å². The largest absolute Gasteiger partial charge is 0.382 e. The zero-order valence-corrected chi connectivity index (χ0v) is 11.9. The van der Waals surface area contributed by atoms with Crippen LogP contribution in [0.3, 0.4) is 0 Å². The number of aromatic nitrogens is 2. The number of H-pyrrole nitrogens is 1. The van der Waals surface area contributed by atoms with E-state index in [0.717, 1.165) is 17.5 Å². The lowest BCUT2D eigenvalue weighted by molar-refractivity contribution is 0.660. The van der Waals surface area contributed by atoms with Gasteiger partial charge in [-0.25, -0.2) is 0 Å². The van der Waals surface area contributed by atoms with Crippen LogP contribution in [0.2, 0.25) is 0 Å². The van der Waals surface area contributed by atoms with Gasteiger partial charge in [-0.05, 0) is 25.3 Å². The standard InChI is InChI=1S/C16H23N3/c1-3-4-5-6-10-14-15(16(17)19-18-14)13-9-7-8-12(2)11-13/h7-9,11H,3-6,10H2,1-2H3,(H3,17,18,19). The first-order valence-corrected chi connectivity index (χ1v) is 7.12. The van der Waals surface area contributed by atoms with Crippen molar-refractivity contribution in [1.29, 1.82) is 0 Å². The second-order valence-electron chi connectivity index (χ2n) is 5.14. The molecule has 0 aliphatic heterocycles. The molecule has 0 aliphatic carbocycles. The van der Waals surface area contributed by atoms with E-state index >= 15 is 0 Å². The van der Waals surface area contributed by atoms with Gasteiger partial charge in [-0.2, -0.15) is 5.10 Å². The molecule has 0 amide bonds. The molecule has 0 bridgehead atoms. The molecule has 3 nitrogen and oxygen atoms in total. The van der Waals surface area contributed by atoms with Gasteiger partial charge in [-0.1, -0.05) is 56.0 Å². The number of anilines is 1. The van der Waals surface area contributed by atoms with E-state index in [-0.39, 0.29) is 0 Å². The van der Waals surface area contributed by atoms with Crippen molar-refractivity contribution >= 4 is 5.82 Å². The molecule has 1 heterocycles. The Kier molecular flexibility index (Phi) is 4.61. The van der Waals surface area contributed by atoms with Crippen LogP contribution in [0, 0.1) is 6.92 Å². The minimum atomic E-state index is 0.607. The van der Waals surface area contributed by atoms with E-state index in [9.17, 15) is 0 Å². The second kappa shape index (κ2) is 6.41.